The summed E-state index contributed by atoms with van der Waals surface area (Å²) in [6.45, 7) is 13.9. The molecule has 120 valence electrons. The minimum Gasteiger partial charge on any atom is -0.459 e. The second-order valence-electron chi connectivity index (χ2n) is 7.23. The summed E-state index contributed by atoms with van der Waals surface area (Å²) in [7, 11) is -3.78. The highest BCUT2D eigenvalue weighted by Gasteiger charge is 2.32. The molecule has 0 aromatic rings. The highest BCUT2D eigenvalue weighted by atomic mass is 32.2. The summed E-state index contributed by atoms with van der Waals surface area (Å²) < 4.78 is 34.1. The number of hydrogen-bond acceptors (Lipinski definition) is 4. The average Bonchev–Trinajstić information content (AvgIpc) is 2.06. The fourth-order valence-electron chi connectivity index (χ4n) is 1.42. The van der Waals surface area contributed by atoms with Gasteiger partial charge in [0.15, 0.2) is 0 Å². The van der Waals surface area contributed by atoms with E-state index in [9.17, 15) is 13.2 Å². The third kappa shape index (κ3) is 8.50. The largest absolute Gasteiger partial charge is 0.459 e. The smallest absolute Gasteiger partial charge is 0.325 e. The molecule has 1 atom stereocenters. The Hall–Kier alpha value is -0.660. The van der Waals surface area contributed by atoms with E-state index in [2.05, 4.69) is 9.44 Å². The van der Waals surface area contributed by atoms with Gasteiger partial charge < -0.3 is 4.74 Å². The van der Waals surface area contributed by atoms with Crippen molar-refractivity contribution in [1.29, 1.82) is 0 Å². The Morgan fingerprint density at radius 1 is 1.05 bits per heavy atom. The molecule has 0 saturated heterocycles. The van der Waals surface area contributed by atoms with Crippen LogP contribution in [0.15, 0.2) is 0 Å². The number of carbonyl (C=O) groups is 1. The van der Waals surface area contributed by atoms with E-state index in [-0.39, 0.29) is 5.92 Å². The molecule has 0 saturated carbocycles. The van der Waals surface area contributed by atoms with Crippen LogP contribution in [-0.2, 0) is 19.7 Å². The zero-order valence-corrected chi connectivity index (χ0v) is 14.5. The van der Waals surface area contributed by atoms with E-state index < -0.39 is 33.4 Å². The molecule has 6 nitrogen and oxygen atoms in total. The Kier molecular flexibility index (Phi) is 6.19. The second kappa shape index (κ2) is 6.41. The van der Waals surface area contributed by atoms with Crippen molar-refractivity contribution in [3.8, 4) is 0 Å². The van der Waals surface area contributed by atoms with Gasteiger partial charge in [0, 0.05) is 5.54 Å². The molecule has 2 N–H and O–H groups in total. The van der Waals surface area contributed by atoms with Crippen molar-refractivity contribution in [2.24, 2.45) is 5.92 Å². The van der Waals surface area contributed by atoms with Gasteiger partial charge >= 0.3 is 5.97 Å². The van der Waals surface area contributed by atoms with Crippen LogP contribution in [0.25, 0.3) is 0 Å². The van der Waals surface area contributed by atoms with E-state index in [0.29, 0.717) is 0 Å². The fourth-order valence-corrected chi connectivity index (χ4v) is 2.99. The molecule has 0 aliphatic heterocycles. The monoisotopic (exact) mass is 308 g/mol. The van der Waals surface area contributed by atoms with Crippen LogP contribution in [-0.4, -0.2) is 31.6 Å². The number of hydrogen-bond donors (Lipinski definition) is 2. The molecule has 0 bridgehead atoms. The summed E-state index contributed by atoms with van der Waals surface area (Å²) in [5.41, 5.74) is -1.28. The minimum absolute atomic E-state index is 0.221. The normalized spacial score (nSPS) is 15.2. The highest BCUT2D eigenvalue weighted by Crippen LogP contribution is 2.13. The predicted molar refractivity (Wildman–Crippen MR) is 79.4 cm³/mol. The van der Waals surface area contributed by atoms with Gasteiger partial charge in [-0.3, -0.25) is 4.79 Å². The SMILES string of the molecule is CC(C)[C@@H](NS(=O)(=O)NC(C)(C)C)C(=O)OC(C)(C)C. The lowest BCUT2D eigenvalue weighted by atomic mass is 10.1. The maximum Gasteiger partial charge on any atom is 0.325 e. The van der Waals surface area contributed by atoms with Gasteiger partial charge in [0.25, 0.3) is 10.2 Å². The van der Waals surface area contributed by atoms with Gasteiger partial charge in [-0.25, -0.2) is 0 Å². The molecule has 0 aromatic carbocycles. The summed E-state index contributed by atoms with van der Waals surface area (Å²) in [6.07, 6.45) is 0. The number of nitrogens with one attached hydrogen (secondary N) is 2. The van der Waals surface area contributed by atoms with Crippen molar-refractivity contribution in [3.05, 3.63) is 0 Å². The number of ether oxygens (including phenoxy) is 1. The first-order valence-corrected chi connectivity index (χ1v) is 8.15. The molecule has 0 amide bonds. The molecule has 0 aliphatic carbocycles. The van der Waals surface area contributed by atoms with Crippen LogP contribution in [0.4, 0.5) is 0 Å². The molecule has 0 rings (SSSR count). The highest BCUT2D eigenvalue weighted by molar-refractivity contribution is 7.87. The van der Waals surface area contributed by atoms with Gasteiger partial charge in [-0.15, -0.1) is 0 Å². The van der Waals surface area contributed by atoms with E-state index >= 15 is 0 Å². The van der Waals surface area contributed by atoms with Crippen LogP contribution in [0.3, 0.4) is 0 Å². The molecular formula is C13H28N2O4S. The van der Waals surface area contributed by atoms with E-state index in [4.69, 9.17) is 4.74 Å². The van der Waals surface area contributed by atoms with Gasteiger partial charge in [-0.05, 0) is 47.5 Å². The maximum atomic E-state index is 12.1. The van der Waals surface area contributed by atoms with E-state index in [1.165, 1.54) is 0 Å². The van der Waals surface area contributed by atoms with Crippen LogP contribution in [0.5, 0.6) is 0 Å². The van der Waals surface area contributed by atoms with Gasteiger partial charge in [0.2, 0.25) is 0 Å². The molecule has 0 radical (unpaired) electrons. The molecule has 0 aliphatic rings. The lowest BCUT2D eigenvalue weighted by Crippen LogP contribution is -2.54. The topological polar surface area (TPSA) is 84.5 Å². The summed E-state index contributed by atoms with van der Waals surface area (Å²) >= 11 is 0. The molecule has 0 spiro atoms. The first-order valence-electron chi connectivity index (χ1n) is 6.67. The summed E-state index contributed by atoms with van der Waals surface area (Å²) in [5.74, 6) is -0.798. The van der Waals surface area contributed by atoms with E-state index in [1.54, 1.807) is 55.4 Å². The maximum absolute atomic E-state index is 12.1. The standard InChI is InChI=1S/C13H28N2O4S/c1-9(2)10(11(16)19-13(6,7)8)14-20(17,18)15-12(3,4)5/h9-10,14-15H,1-8H3/t10-/m1/s1. The molecule has 7 heteroatoms. The van der Waals surface area contributed by atoms with Crippen LogP contribution >= 0.6 is 0 Å². The van der Waals surface area contributed by atoms with Crippen molar-refractivity contribution in [1.82, 2.24) is 9.44 Å². The molecular weight excluding hydrogens is 280 g/mol. The third-order valence-electron chi connectivity index (χ3n) is 2.05. The predicted octanol–water partition coefficient (Wildman–Crippen LogP) is 1.58. The Morgan fingerprint density at radius 3 is 1.80 bits per heavy atom. The Labute approximate surface area is 122 Å². The number of rotatable bonds is 5. The Morgan fingerprint density at radius 2 is 1.50 bits per heavy atom. The molecule has 20 heavy (non-hydrogen) atoms. The van der Waals surface area contributed by atoms with Crippen molar-refractivity contribution >= 4 is 16.2 Å². The van der Waals surface area contributed by atoms with Crippen LogP contribution in [0.2, 0.25) is 0 Å². The summed E-state index contributed by atoms with van der Waals surface area (Å²) in [5, 5.41) is 0. The molecule has 0 heterocycles. The number of carbonyl (C=O) groups excluding carboxylic acids is 1. The second-order valence-corrected chi connectivity index (χ2v) is 8.68. The lowest BCUT2D eigenvalue weighted by Gasteiger charge is -2.28. The van der Waals surface area contributed by atoms with E-state index in [0.717, 1.165) is 0 Å². The van der Waals surface area contributed by atoms with E-state index in [1.807, 2.05) is 0 Å². The van der Waals surface area contributed by atoms with Gasteiger partial charge in [-0.2, -0.15) is 17.9 Å². The van der Waals surface area contributed by atoms with Crippen LogP contribution < -0.4 is 9.44 Å². The summed E-state index contributed by atoms with van der Waals surface area (Å²) in [4.78, 5) is 12.1. The third-order valence-corrected chi connectivity index (χ3v) is 3.50. The quantitative estimate of drug-likeness (QED) is 0.755. The average molecular weight is 308 g/mol. The molecule has 0 unspecified atom stereocenters. The van der Waals surface area contributed by atoms with Crippen molar-refractivity contribution in [2.45, 2.75) is 72.6 Å². The lowest BCUT2D eigenvalue weighted by molar-refractivity contribution is -0.158. The Bertz CT molecular complexity index is 430. The van der Waals surface area contributed by atoms with Crippen molar-refractivity contribution in [3.63, 3.8) is 0 Å². The summed E-state index contributed by atoms with van der Waals surface area (Å²) in [6, 6.07) is -0.922. The van der Waals surface area contributed by atoms with Crippen molar-refractivity contribution in [2.75, 3.05) is 0 Å². The van der Waals surface area contributed by atoms with Crippen molar-refractivity contribution < 1.29 is 17.9 Å². The zero-order valence-electron chi connectivity index (χ0n) is 13.7. The first kappa shape index (κ1) is 19.3. The fraction of sp³-hybridized carbons (Fsp3) is 0.923. The van der Waals surface area contributed by atoms with Gasteiger partial charge in [-0.1, -0.05) is 13.8 Å². The van der Waals surface area contributed by atoms with Gasteiger partial charge in [0.05, 0.1) is 0 Å². The molecule has 0 fully saturated rings. The number of esters is 1. The van der Waals surface area contributed by atoms with Crippen LogP contribution in [0, 0.1) is 5.92 Å². The molecule has 0 aromatic heterocycles. The van der Waals surface area contributed by atoms with Gasteiger partial charge in [0.1, 0.15) is 11.6 Å². The zero-order chi connectivity index (χ0) is 16.4. The van der Waals surface area contributed by atoms with Crippen LogP contribution in [0.1, 0.15) is 55.4 Å². The Balaban J connectivity index is 5.01. The first-order chi connectivity index (χ1) is 8.63. The minimum atomic E-state index is -3.78.